The molecule has 0 bridgehead atoms. The van der Waals surface area contributed by atoms with Crippen LogP contribution in [0.5, 0.6) is 0 Å². The van der Waals surface area contributed by atoms with Crippen molar-refractivity contribution in [3.05, 3.63) is 0 Å². The first kappa shape index (κ1) is 13.6. The number of hydrogen-bond donors (Lipinski definition) is 0. The molecule has 1 spiro atoms. The summed E-state index contributed by atoms with van der Waals surface area (Å²) < 4.78 is 6.38. The Bertz CT molecular complexity index is 326. The van der Waals surface area contributed by atoms with Crippen molar-refractivity contribution in [2.24, 2.45) is 0 Å². The fraction of sp³-hybridized carbons (Fsp3) is 0.938. The van der Waals surface area contributed by atoms with Crippen molar-refractivity contribution < 1.29 is 9.53 Å². The molecule has 19 heavy (non-hydrogen) atoms. The minimum absolute atomic E-state index is 0.258. The first-order valence-electron chi connectivity index (χ1n) is 8.07. The smallest absolute Gasteiger partial charge is 0.133 e. The van der Waals surface area contributed by atoms with Gasteiger partial charge in [0.25, 0.3) is 0 Å². The number of likely N-dealkylation sites (N-methyl/N-ethyl adjacent to an activating group) is 1. The van der Waals surface area contributed by atoms with E-state index in [4.69, 9.17) is 4.74 Å². The molecule has 108 valence electrons. The third kappa shape index (κ3) is 3.03. The molecule has 0 aromatic heterocycles. The van der Waals surface area contributed by atoms with Crippen molar-refractivity contribution >= 4 is 5.78 Å². The van der Waals surface area contributed by atoms with Crippen molar-refractivity contribution in [1.29, 1.82) is 0 Å². The van der Waals surface area contributed by atoms with Crippen molar-refractivity contribution in [1.82, 2.24) is 4.90 Å². The summed E-state index contributed by atoms with van der Waals surface area (Å²) in [4.78, 5) is 13.8. The van der Waals surface area contributed by atoms with Crippen LogP contribution in [0, 0.1) is 0 Å². The molecule has 1 aliphatic heterocycles. The van der Waals surface area contributed by atoms with E-state index in [0.717, 1.165) is 32.2 Å². The Labute approximate surface area is 116 Å². The van der Waals surface area contributed by atoms with E-state index < -0.39 is 0 Å². The summed E-state index contributed by atoms with van der Waals surface area (Å²) in [6.07, 6.45) is 11.9. The first-order chi connectivity index (χ1) is 9.17. The van der Waals surface area contributed by atoms with Gasteiger partial charge in [-0.1, -0.05) is 12.8 Å². The number of ketones is 1. The van der Waals surface area contributed by atoms with E-state index >= 15 is 0 Å². The molecule has 0 aromatic rings. The molecule has 1 heterocycles. The summed E-state index contributed by atoms with van der Waals surface area (Å²) in [5.74, 6) is 0.451. The number of nitrogens with zero attached hydrogens (tertiary/aromatic N) is 1. The molecule has 0 N–H and O–H groups in total. The third-order valence-corrected chi connectivity index (χ3v) is 5.48. The predicted molar refractivity (Wildman–Crippen MR) is 75.2 cm³/mol. The fourth-order valence-electron chi connectivity index (χ4n) is 4.25. The van der Waals surface area contributed by atoms with E-state index in [1.165, 1.54) is 38.5 Å². The van der Waals surface area contributed by atoms with Crippen molar-refractivity contribution in [2.45, 2.75) is 82.0 Å². The quantitative estimate of drug-likeness (QED) is 0.786. The van der Waals surface area contributed by atoms with Gasteiger partial charge in [-0.25, -0.2) is 0 Å². The molecule has 3 heteroatoms. The average molecular weight is 265 g/mol. The average Bonchev–Trinajstić information content (AvgIpc) is 3.01. The van der Waals surface area contributed by atoms with Crippen LogP contribution in [-0.4, -0.2) is 42.0 Å². The zero-order valence-corrected chi connectivity index (χ0v) is 12.2. The van der Waals surface area contributed by atoms with E-state index in [2.05, 4.69) is 11.9 Å². The second-order valence-corrected chi connectivity index (χ2v) is 6.88. The van der Waals surface area contributed by atoms with Crippen LogP contribution in [0.3, 0.4) is 0 Å². The van der Waals surface area contributed by atoms with Crippen LogP contribution in [-0.2, 0) is 9.53 Å². The molecule has 0 radical (unpaired) electrons. The van der Waals surface area contributed by atoms with Crippen LogP contribution in [0.25, 0.3) is 0 Å². The van der Waals surface area contributed by atoms with E-state index in [0.29, 0.717) is 17.9 Å². The van der Waals surface area contributed by atoms with Gasteiger partial charge < -0.3 is 9.64 Å². The van der Waals surface area contributed by atoms with Gasteiger partial charge in [-0.15, -0.1) is 0 Å². The van der Waals surface area contributed by atoms with Gasteiger partial charge >= 0.3 is 0 Å². The van der Waals surface area contributed by atoms with Gasteiger partial charge in [0.2, 0.25) is 0 Å². The van der Waals surface area contributed by atoms with Gasteiger partial charge in [0.15, 0.2) is 0 Å². The largest absolute Gasteiger partial charge is 0.370 e. The van der Waals surface area contributed by atoms with Crippen LogP contribution >= 0.6 is 0 Å². The molecular formula is C16H27NO2. The summed E-state index contributed by atoms with van der Waals surface area (Å²) in [5.41, 5.74) is 0.258. The summed E-state index contributed by atoms with van der Waals surface area (Å²) in [6, 6.07) is 0.599. The van der Waals surface area contributed by atoms with Crippen molar-refractivity contribution in [3.8, 4) is 0 Å². The Hall–Kier alpha value is -0.410. The number of carbonyl (C=O) groups excluding carboxylic acids is 1. The normalized spacial score (nSPS) is 31.7. The Morgan fingerprint density at radius 1 is 1.16 bits per heavy atom. The molecule has 0 aromatic carbocycles. The molecule has 2 aliphatic carbocycles. The molecule has 1 atom stereocenters. The van der Waals surface area contributed by atoms with Crippen LogP contribution in [0.2, 0.25) is 0 Å². The molecule has 3 rings (SSSR count). The van der Waals surface area contributed by atoms with E-state index in [9.17, 15) is 4.79 Å². The fourth-order valence-corrected chi connectivity index (χ4v) is 4.25. The first-order valence-corrected chi connectivity index (χ1v) is 8.07. The molecule has 3 aliphatic rings. The predicted octanol–water partition coefficient (Wildman–Crippen LogP) is 2.92. The number of ether oxygens (including phenoxy) is 1. The van der Waals surface area contributed by atoms with Crippen LogP contribution < -0.4 is 0 Å². The second kappa shape index (κ2) is 5.53. The molecule has 1 unspecified atom stereocenters. The summed E-state index contributed by atoms with van der Waals surface area (Å²) in [7, 11) is 2.21. The topological polar surface area (TPSA) is 29.5 Å². The molecular weight excluding hydrogens is 238 g/mol. The lowest BCUT2D eigenvalue weighted by molar-refractivity contribution is -0.121. The minimum Gasteiger partial charge on any atom is -0.370 e. The Morgan fingerprint density at radius 2 is 1.84 bits per heavy atom. The highest BCUT2D eigenvalue weighted by atomic mass is 16.5. The van der Waals surface area contributed by atoms with Gasteiger partial charge in [-0.05, 0) is 45.6 Å². The van der Waals surface area contributed by atoms with E-state index in [1.807, 2.05) is 0 Å². The van der Waals surface area contributed by atoms with Crippen LogP contribution in [0.15, 0.2) is 0 Å². The van der Waals surface area contributed by atoms with Crippen LogP contribution in [0.4, 0.5) is 0 Å². The maximum atomic E-state index is 11.3. The zero-order valence-electron chi connectivity index (χ0n) is 12.2. The van der Waals surface area contributed by atoms with Gasteiger partial charge in [0.05, 0.1) is 11.7 Å². The summed E-state index contributed by atoms with van der Waals surface area (Å²) in [6.45, 7) is 1.06. The highest BCUT2D eigenvalue weighted by Crippen LogP contribution is 2.43. The second-order valence-electron chi connectivity index (χ2n) is 6.88. The number of rotatable bonds is 3. The van der Waals surface area contributed by atoms with Gasteiger partial charge in [0, 0.05) is 25.4 Å². The van der Waals surface area contributed by atoms with Gasteiger partial charge in [-0.3, -0.25) is 4.79 Å². The molecule has 1 saturated heterocycles. The van der Waals surface area contributed by atoms with E-state index in [-0.39, 0.29) is 5.60 Å². The van der Waals surface area contributed by atoms with Gasteiger partial charge in [0.1, 0.15) is 5.78 Å². The lowest BCUT2D eigenvalue weighted by Crippen LogP contribution is -2.40. The number of hydrogen-bond acceptors (Lipinski definition) is 3. The molecule has 3 fully saturated rings. The molecule has 3 nitrogen and oxygen atoms in total. The highest BCUT2D eigenvalue weighted by molar-refractivity contribution is 5.79. The SMILES string of the molecule is CN(CC1CCC2(CCCC2)O1)C1CCC(=O)CC1. The lowest BCUT2D eigenvalue weighted by Gasteiger charge is -2.33. The molecule has 0 amide bonds. The lowest BCUT2D eigenvalue weighted by atomic mass is 9.93. The summed E-state index contributed by atoms with van der Waals surface area (Å²) >= 11 is 0. The van der Waals surface area contributed by atoms with Crippen LogP contribution in [0.1, 0.15) is 64.2 Å². The highest BCUT2D eigenvalue weighted by Gasteiger charge is 2.42. The van der Waals surface area contributed by atoms with E-state index in [1.54, 1.807) is 0 Å². The third-order valence-electron chi connectivity index (χ3n) is 5.48. The summed E-state index contributed by atoms with van der Waals surface area (Å²) in [5, 5.41) is 0. The zero-order chi connectivity index (χ0) is 13.3. The molecule has 2 saturated carbocycles. The Morgan fingerprint density at radius 3 is 2.53 bits per heavy atom. The van der Waals surface area contributed by atoms with Crippen molar-refractivity contribution in [2.75, 3.05) is 13.6 Å². The monoisotopic (exact) mass is 265 g/mol. The van der Waals surface area contributed by atoms with Crippen molar-refractivity contribution in [3.63, 3.8) is 0 Å². The standard InChI is InChI=1S/C16H27NO2/c1-17(13-4-6-14(18)7-5-13)12-15-8-11-16(19-15)9-2-3-10-16/h13,15H,2-12H2,1H3. The maximum Gasteiger partial charge on any atom is 0.133 e. The Balaban J connectivity index is 1.47. The number of carbonyl (C=O) groups is 1. The Kier molecular flexibility index (Phi) is 3.95. The van der Waals surface area contributed by atoms with Gasteiger partial charge in [-0.2, -0.15) is 0 Å². The number of Topliss-reactive ketones (excluding diaryl/α,β-unsaturated/α-hetero) is 1. The minimum atomic E-state index is 0.258. The maximum absolute atomic E-state index is 11.3.